The van der Waals surface area contributed by atoms with Crippen LogP contribution in [-0.2, 0) is 4.57 Å². The SMILES string of the molecule is O=P([O-])([O-])C(Cl)(Cl)Cl. The van der Waals surface area contributed by atoms with Crippen molar-refractivity contribution in [2.24, 2.45) is 0 Å². The number of rotatable bonds is 0. The topological polar surface area (TPSA) is 63.2 Å². The normalized spacial score (nSPS) is 14.1. The van der Waals surface area contributed by atoms with Gasteiger partial charge in [0.25, 0.3) is 0 Å². The van der Waals surface area contributed by atoms with Crippen LogP contribution in [0.1, 0.15) is 0 Å². The monoisotopic (exact) mass is 196 g/mol. The van der Waals surface area contributed by atoms with E-state index in [-0.39, 0.29) is 0 Å². The molecule has 0 aliphatic carbocycles. The molecule has 0 atom stereocenters. The first-order valence-electron chi connectivity index (χ1n) is 1.34. The van der Waals surface area contributed by atoms with E-state index < -0.39 is 11.1 Å². The smallest absolute Gasteiger partial charge is 0.216 e. The summed E-state index contributed by atoms with van der Waals surface area (Å²) in [5, 5.41) is 0. The molecule has 0 radical (unpaired) electrons. The summed E-state index contributed by atoms with van der Waals surface area (Å²) in [6.45, 7) is 0. The zero-order valence-corrected chi connectivity index (χ0v) is 6.47. The molecular weight excluding hydrogens is 197 g/mol. The Hall–Kier alpha value is 1.02. The molecule has 0 saturated carbocycles. The molecule has 3 nitrogen and oxygen atoms in total. The minimum Gasteiger partial charge on any atom is -0.808 e. The summed E-state index contributed by atoms with van der Waals surface area (Å²) in [4.78, 5) is 19.5. The first-order chi connectivity index (χ1) is 3.25. The van der Waals surface area contributed by atoms with Gasteiger partial charge in [-0.15, -0.1) is 0 Å². The summed E-state index contributed by atoms with van der Waals surface area (Å²) in [7, 11) is -5.05. The quantitative estimate of drug-likeness (QED) is 0.412. The fourth-order valence-corrected chi connectivity index (χ4v) is 0. The summed E-state index contributed by atoms with van der Waals surface area (Å²) in [5.41, 5.74) is 0. The average molecular weight is 197 g/mol. The maximum atomic E-state index is 9.73. The van der Waals surface area contributed by atoms with E-state index in [2.05, 4.69) is 34.8 Å². The predicted molar refractivity (Wildman–Crippen MR) is 27.9 cm³/mol. The molecular formula is CCl3O3P-2. The number of hydrogen-bond acceptors (Lipinski definition) is 3. The largest absolute Gasteiger partial charge is 0.808 e. The molecule has 50 valence electrons. The Kier molecular flexibility index (Phi) is 2.63. The van der Waals surface area contributed by atoms with Crippen LogP contribution in [0.25, 0.3) is 0 Å². The second kappa shape index (κ2) is 2.33. The fraction of sp³-hybridized carbons (Fsp3) is 1.00. The average Bonchev–Trinajstić information content (AvgIpc) is 1.25. The van der Waals surface area contributed by atoms with Crippen molar-refractivity contribution in [2.45, 2.75) is 3.53 Å². The number of hydrogen-bond donors (Lipinski definition) is 0. The van der Waals surface area contributed by atoms with Gasteiger partial charge >= 0.3 is 0 Å². The highest BCUT2D eigenvalue weighted by atomic mass is 35.6. The minimum absolute atomic E-state index is 2.70. The lowest BCUT2D eigenvalue weighted by Gasteiger charge is -2.35. The van der Waals surface area contributed by atoms with Gasteiger partial charge in [-0.25, -0.2) is 0 Å². The van der Waals surface area contributed by atoms with Gasteiger partial charge < -0.3 is 14.4 Å². The molecule has 0 aromatic rings. The van der Waals surface area contributed by atoms with Crippen molar-refractivity contribution in [1.82, 2.24) is 0 Å². The van der Waals surface area contributed by atoms with Gasteiger partial charge in [-0.2, -0.15) is 0 Å². The highest BCUT2D eigenvalue weighted by Gasteiger charge is 2.23. The van der Waals surface area contributed by atoms with Crippen LogP contribution in [0.2, 0.25) is 0 Å². The van der Waals surface area contributed by atoms with Crippen molar-refractivity contribution < 1.29 is 14.4 Å². The van der Waals surface area contributed by atoms with Gasteiger partial charge in [0, 0.05) is 0 Å². The molecule has 0 aliphatic heterocycles. The molecule has 0 saturated heterocycles. The van der Waals surface area contributed by atoms with Gasteiger partial charge in [0.1, 0.15) is 0 Å². The van der Waals surface area contributed by atoms with Crippen LogP contribution < -0.4 is 9.79 Å². The van der Waals surface area contributed by atoms with Crippen molar-refractivity contribution in [3.63, 3.8) is 0 Å². The number of halogens is 3. The van der Waals surface area contributed by atoms with Crippen LogP contribution in [0.3, 0.4) is 0 Å². The lowest BCUT2D eigenvalue weighted by atomic mass is 11.8. The summed E-state index contributed by atoms with van der Waals surface area (Å²) in [5.74, 6) is 0. The molecule has 0 bridgehead atoms. The molecule has 0 rings (SSSR count). The van der Waals surface area contributed by atoms with Gasteiger partial charge in [0.15, 0.2) is 0 Å². The third kappa shape index (κ3) is 2.53. The van der Waals surface area contributed by atoms with E-state index in [9.17, 15) is 14.4 Å². The van der Waals surface area contributed by atoms with Crippen molar-refractivity contribution in [1.29, 1.82) is 0 Å². The minimum atomic E-state index is -5.05. The molecule has 0 amide bonds. The van der Waals surface area contributed by atoms with Gasteiger partial charge in [-0.05, 0) is 7.60 Å². The van der Waals surface area contributed by atoms with Crippen molar-refractivity contribution in [3.8, 4) is 0 Å². The van der Waals surface area contributed by atoms with Gasteiger partial charge in [0.05, 0.1) is 0 Å². The summed E-state index contributed by atoms with van der Waals surface area (Å²) >= 11 is 14.0. The van der Waals surface area contributed by atoms with E-state index in [0.29, 0.717) is 0 Å². The Morgan fingerprint density at radius 2 is 1.38 bits per heavy atom. The first kappa shape index (κ1) is 9.02. The fourth-order valence-electron chi connectivity index (χ4n) is 0. The lowest BCUT2D eigenvalue weighted by molar-refractivity contribution is -0.314. The maximum absolute atomic E-state index is 9.73. The summed E-state index contributed by atoms with van der Waals surface area (Å²) < 4.78 is 7.03. The van der Waals surface area contributed by atoms with Crippen molar-refractivity contribution in [3.05, 3.63) is 0 Å². The Morgan fingerprint density at radius 1 is 1.25 bits per heavy atom. The van der Waals surface area contributed by atoms with Gasteiger partial charge in [-0.1, -0.05) is 34.8 Å². The van der Waals surface area contributed by atoms with Crippen LogP contribution in [-0.4, -0.2) is 3.53 Å². The molecule has 0 aromatic heterocycles. The molecule has 0 aromatic carbocycles. The Bertz CT molecular complexity index is 121. The van der Waals surface area contributed by atoms with Crippen LogP contribution >= 0.6 is 42.4 Å². The van der Waals surface area contributed by atoms with E-state index in [0.717, 1.165) is 0 Å². The van der Waals surface area contributed by atoms with E-state index in [1.165, 1.54) is 0 Å². The molecule has 0 heterocycles. The Morgan fingerprint density at radius 3 is 1.38 bits per heavy atom. The predicted octanol–water partition coefficient (Wildman–Crippen LogP) is 0.228. The molecule has 8 heavy (non-hydrogen) atoms. The third-order valence-corrected chi connectivity index (χ3v) is 2.79. The Balaban J connectivity index is 4.26. The van der Waals surface area contributed by atoms with Gasteiger partial charge in [0.2, 0.25) is 3.53 Å². The second-order valence-electron chi connectivity index (χ2n) is 0.965. The van der Waals surface area contributed by atoms with Crippen LogP contribution in [0.4, 0.5) is 0 Å². The highest BCUT2D eigenvalue weighted by Crippen LogP contribution is 2.52. The Labute approximate surface area is 60.7 Å². The van der Waals surface area contributed by atoms with Crippen molar-refractivity contribution in [2.75, 3.05) is 0 Å². The molecule has 0 spiro atoms. The standard InChI is InChI=1S/CH2Cl3O3P/c2-1(3,4)8(5,6)7/h(H2,5,6,7)/p-2. The van der Waals surface area contributed by atoms with Crippen LogP contribution in [0.15, 0.2) is 0 Å². The second-order valence-corrected chi connectivity index (χ2v) is 5.70. The zero-order valence-electron chi connectivity index (χ0n) is 3.31. The first-order valence-corrected chi connectivity index (χ1v) is 4.01. The van der Waals surface area contributed by atoms with E-state index in [4.69, 9.17) is 0 Å². The molecule has 0 unspecified atom stereocenters. The summed E-state index contributed by atoms with van der Waals surface area (Å²) in [6, 6.07) is 0. The number of alkyl halides is 3. The molecule has 0 aliphatic rings. The molecule has 7 heteroatoms. The zero-order chi connectivity index (χ0) is 7.00. The van der Waals surface area contributed by atoms with Gasteiger partial charge in [-0.3, -0.25) is 0 Å². The van der Waals surface area contributed by atoms with Crippen LogP contribution in [0.5, 0.6) is 0 Å². The summed E-state index contributed by atoms with van der Waals surface area (Å²) in [6.07, 6.45) is 0. The highest BCUT2D eigenvalue weighted by molar-refractivity contribution is 7.58. The molecule has 0 N–H and O–H groups in total. The van der Waals surface area contributed by atoms with E-state index in [1.807, 2.05) is 0 Å². The third-order valence-electron chi connectivity index (χ3n) is 0.311. The molecule has 0 fully saturated rings. The maximum Gasteiger partial charge on any atom is 0.216 e. The van der Waals surface area contributed by atoms with E-state index >= 15 is 0 Å². The van der Waals surface area contributed by atoms with E-state index in [1.54, 1.807) is 0 Å². The van der Waals surface area contributed by atoms with Crippen molar-refractivity contribution >= 4 is 42.4 Å². The van der Waals surface area contributed by atoms with Crippen LogP contribution in [0, 0.1) is 0 Å². The lowest BCUT2D eigenvalue weighted by Crippen LogP contribution is -2.24.